The number of hydrogen-bond donors (Lipinski definition) is 1. The molecule has 52 heavy (non-hydrogen) atoms. The van der Waals surface area contributed by atoms with Crippen molar-refractivity contribution >= 4 is 11.9 Å². The summed E-state index contributed by atoms with van der Waals surface area (Å²) in [6.45, 7) is 6.34. The average Bonchev–Trinajstić information content (AvgIpc) is 3.90. The smallest absolute Gasteiger partial charge is 0.306 e. The summed E-state index contributed by atoms with van der Waals surface area (Å²) in [5.41, 5.74) is 0. The lowest BCUT2D eigenvalue weighted by Gasteiger charge is -2.15. The number of unbranched alkanes of at least 4 members (excludes halogenated alkanes) is 13. The Morgan fingerprint density at radius 2 is 1.10 bits per heavy atom. The van der Waals surface area contributed by atoms with Gasteiger partial charge >= 0.3 is 11.9 Å². The van der Waals surface area contributed by atoms with Crippen LogP contribution in [-0.4, -0.2) is 48.6 Å². The molecule has 1 aliphatic heterocycles. The van der Waals surface area contributed by atoms with Gasteiger partial charge in [0.1, 0.15) is 6.61 Å². The number of esters is 2. The maximum absolute atomic E-state index is 12.2. The van der Waals surface area contributed by atoms with Crippen LogP contribution in [0.5, 0.6) is 0 Å². The number of hydrogen-bond acceptors (Lipinski definition) is 6. The van der Waals surface area contributed by atoms with Gasteiger partial charge in [0.25, 0.3) is 0 Å². The van der Waals surface area contributed by atoms with Crippen molar-refractivity contribution in [2.45, 2.75) is 200 Å². The van der Waals surface area contributed by atoms with Gasteiger partial charge in [0.05, 0.1) is 18.8 Å². The van der Waals surface area contributed by atoms with Crippen LogP contribution in [0.1, 0.15) is 181 Å². The summed E-state index contributed by atoms with van der Waals surface area (Å²) in [5.74, 6) is 0.204. The maximum atomic E-state index is 12.2. The molecule has 3 unspecified atom stereocenters. The summed E-state index contributed by atoms with van der Waals surface area (Å²) in [7, 11) is 0. The molecular formula is C46H78O6. The Balaban J connectivity index is 1.91. The molecule has 1 aliphatic rings. The first kappa shape index (κ1) is 47.6. The highest BCUT2D eigenvalue weighted by Gasteiger charge is 2.35. The van der Waals surface area contributed by atoms with Crippen LogP contribution in [0.2, 0.25) is 0 Å². The van der Waals surface area contributed by atoms with Crippen molar-refractivity contribution in [3.63, 3.8) is 0 Å². The van der Waals surface area contributed by atoms with Crippen molar-refractivity contribution in [2.75, 3.05) is 13.2 Å². The molecule has 6 heteroatoms. The number of rotatable bonds is 36. The Morgan fingerprint density at radius 1 is 0.615 bits per heavy atom. The number of ether oxygens (including phenoxy) is 3. The number of carbonyl (C=O) groups is 2. The highest BCUT2D eigenvalue weighted by molar-refractivity contribution is 5.70. The van der Waals surface area contributed by atoms with E-state index in [4.69, 9.17) is 14.2 Å². The molecule has 0 spiro atoms. The SMILES string of the molecule is CC/C=C\CC1OC1C/C=C\C/C=C\C/C=C\C/C=C\CCC(=O)OC[C@H](CO)OC(=O)CCCCCCCCCCCCCCCCC(C)CC. The van der Waals surface area contributed by atoms with Crippen LogP contribution < -0.4 is 0 Å². The van der Waals surface area contributed by atoms with Crippen molar-refractivity contribution in [3.05, 3.63) is 60.8 Å². The molecule has 1 heterocycles. The molecule has 0 aliphatic carbocycles. The van der Waals surface area contributed by atoms with Gasteiger partial charge < -0.3 is 19.3 Å². The zero-order chi connectivity index (χ0) is 37.7. The number of aliphatic hydroxyl groups is 1. The van der Waals surface area contributed by atoms with E-state index in [2.05, 4.69) is 69.4 Å². The topological polar surface area (TPSA) is 85.4 Å². The molecule has 0 saturated carbocycles. The molecule has 1 N–H and O–H groups in total. The Hall–Kier alpha value is -2.44. The Morgan fingerprint density at radius 3 is 1.62 bits per heavy atom. The van der Waals surface area contributed by atoms with Crippen molar-refractivity contribution in [2.24, 2.45) is 5.92 Å². The molecule has 1 saturated heterocycles. The van der Waals surface area contributed by atoms with Crippen LogP contribution in [0.15, 0.2) is 60.8 Å². The molecule has 0 bridgehead atoms. The Bertz CT molecular complexity index is 995. The first-order valence-electron chi connectivity index (χ1n) is 21.4. The predicted molar refractivity (Wildman–Crippen MR) is 218 cm³/mol. The van der Waals surface area contributed by atoms with Crippen LogP contribution in [0.4, 0.5) is 0 Å². The molecule has 0 amide bonds. The van der Waals surface area contributed by atoms with E-state index in [1.165, 1.54) is 83.5 Å². The quantitative estimate of drug-likeness (QED) is 0.0299. The molecule has 6 nitrogen and oxygen atoms in total. The highest BCUT2D eigenvalue weighted by Crippen LogP contribution is 2.29. The third kappa shape index (κ3) is 31.1. The first-order chi connectivity index (χ1) is 25.5. The molecule has 4 atom stereocenters. The number of epoxide rings is 1. The summed E-state index contributed by atoms with van der Waals surface area (Å²) < 4.78 is 16.2. The second-order valence-corrected chi connectivity index (χ2v) is 14.7. The number of carbonyl (C=O) groups excluding carboxylic acids is 2. The van der Waals surface area contributed by atoms with Gasteiger partial charge in [-0.2, -0.15) is 0 Å². The van der Waals surface area contributed by atoms with Gasteiger partial charge in [-0.05, 0) is 57.3 Å². The molecule has 298 valence electrons. The van der Waals surface area contributed by atoms with Gasteiger partial charge in [0, 0.05) is 12.8 Å². The van der Waals surface area contributed by atoms with Gasteiger partial charge in [-0.25, -0.2) is 0 Å². The average molecular weight is 727 g/mol. The summed E-state index contributed by atoms with van der Waals surface area (Å²) in [6.07, 6.45) is 49.0. The first-order valence-corrected chi connectivity index (χ1v) is 21.4. The molecule has 1 fully saturated rings. The van der Waals surface area contributed by atoms with Gasteiger partial charge in [-0.3, -0.25) is 9.59 Å². The van der Waals surface area contributed by atoms with E-state index in [9.17, 15) is 14.7 Å². The van der Waals surface area contributed by atoms with E-state index in [0.29, 0.717) is 25.0 Å². The summed E-state index contributed by atoms with van der Waals surface area (Å²) in [6, 6.07) is 0. The molecule has 0 aromatic heterocycles. The zero-order valence-corrected chi connectivity index (χ0v) is 33.7. The van der Waals surface area contributed by atoms with Crippen LogP contribution in [0, 0.1) is 5.92 Å². The second kappa shape index (κ2) is 35.6. The second-order valence-electron chi connectivity index (χ2n) is 14.7. The third-order valence-electron chi connectivity index (χ3n) is 9.78. The van der Waals surface area contributed by atoms with Gasteiger partial charge in [0.2, 0.25) is 0 Å². The standard InChI is InChI=1S/C46H78O6/c1-4-6-29-35-43-44(52-43)36-31-26-22-18-14-11-12-15-19-23-27-32-37-45(48)50-40-42(39-47)51-46(49)38-33-28-24-20-16-10-8-7-9-13-17-21-25-30-34-41(3)5-2/h6,12,14-15,18,23,26-27,29,31,41-44,47H,4-5,7-11,13,16-17,19-22,24-25,28,30,32-40H2,1-3H3/b15-12-,18-14-,27-23-,29-6-,31-26-/t41?,42-,43?,44?/m0/s1. The fourth-order valence-corrected chi connectivity index (χ4v) is 6.07. The van der Waals surface area contributed by atoms with Gasteiger partial charge in [-0.1, -0.05) is 178 Å². The minimum Gasteiger partial charge on any atom is -0.462 e. The molecule has 1 rings (SSSR count). The largest absolute Gasteiger partial charge is 0.462 e. The normalized spacial score (nSPS) is 17.3. The van der Waals surface area contributed by atoms with E-state index in [1.807, 2.05) is 12.2 Å². The molecule has 0 aromatic rings. The van der Waals surface area contributed by atoms with Crippen molar-refractivity contribution in [1.29, 1.82) is 0 Å². The number of allylic oxidation sites excluding steroid dienone is 8. The zero-order valence-electron chi connectivity index (χ0n) is 33.7. The van der Waals surface area contributed by atoms with Crippen molar-refractivity contribution in [1.82, 2.24) is 0 Å². The van der Waals surface area contributed by atoms with Gasteiger partial charge in [-0.15, -0.1) is 0 Å². The van der Waals surface area contributed by atoms with Crippen LogP contribution in [0.25, 0.3) is 0 Å². The highest BCUT2D eigenvalue weighted by atomic mass is 16.6. The van der Waals surface area contributed by atoms with Crippen molar-refractivity contribution in [3.8, 4) is 0 Å². The molecule has 0 radical (unpaired) electrons. The van der Waals surface area contributed by atoms with E-state index in [-0.39, 0.29) is 31.6 Å². The lowest BCUT2D eigenvalue weighted by atomic mass is 9.99. The summed E-state index contributed by atoms with van der Waals surface area (Å²) in [5, 5.41) is 9.57. The van der Waals surface area contributed by atoms with Crippen LogP contribution in [0.3, 0.4) is 0 Å². The molecule has 0 aromatic carbocycles. The van der Waals surface area contributed by atoms with E-state index in [0.717, 1.165) is 63.7 Å². The molecular weight excluding hydrogens is 648 g/mol. The van der Waals surface area contributed by atoms with E-state index in [1.54, 1.807) is 0 Å². The number of aliphatic hydroxyl groups excluding tert-OH is 1. The lowest BCUT2D eigenvalue weighted by Crippen LogP contribution is -2.28. The summed E-state index contributed by atoms with van der Waals surface area (Å²) >= 11 is 0. The Labute approximate surface area is 319 Å². The van der Waals surface area contributed by atoms with Crippen LogP contribution in [-0.2, 0) is 23.8 Å². The van der Waals surface area contributed by atoms with E-state index < -0.39 is 6.10 Å². The fraction of sp³-hybridized carbons (Fsp3) is 0.739. The third-order valence-corrected chi connectivity index (χ3v) is 9.78. The van der Waals surface area contributed by atoms with E-state index >= 15 is 0 Å². The maximum Gasteiger partial charge on any atom is 0.306 e. The minimum absolute atomic E-state index is 0.110. The fourth-order valence-electron chi connectivity index (χ4n) is 6.07. The monoisotopic (exact) mass is 727 g/mol. The summed E-state index contributed by atoms with van der Waals surface area (Å²) in [4.78, 5) is 24.3. The predicted octanol–water partition coefficient (Wildman–Crippen LogP) is 12.4. The lowest BCUT2D eigenvalue weighted by molar-refractivity contribution is -0.161. The Kier molecular flexibility index (Phi) is 32.6. The minimum atomic E-state index is -0.806. The van der Waals surface area contributed by atoms with Crippen molar-refractivity contribution < 1.29 is 28.9 Å². The van der Waals surface area contributed by atoms with Crippen LogP contribution >= 0.6 is 0 Å². The van der Waals surface area contributed by atoms with Gasteiger partial charge in [0.15, 0.2) is 6.10 Å².